The Labute approximate surface area is 141 Å². The number of fused-ring (bicyclic) bond motifs is 1. The average Bonchev–Trinajstić information content (AvgIpc) is 2.84. The van der Waals surface area contributed by atoms with Crippen molar-refractivity contribution in [2.45, 2.75) is 25.3 Å². The Morgan fingerprint density at radius 3 is 2.48 bits per heavy atom. The Morgan fingerprint density at radius 2 is 1.86 bits per heavy atom. The molecule has 1 aliphatic heterocycles. The minimum atomic E-state index is -0.0674. The first-order valence-corrected chi connectivity index (χ1v) is 7.82. The van der Waals surface area contributed by atoms with Crippen molar-refractivity contribution in [3.8, 4) is 0 Å². The number of hydrogen-bond donors (Lipinski definition) is 1. The van der Waals surface area contributed by atoms with Gasteiger partial charge in [0.25, 0.3) is 5.91 Å². The van der Waals surface area contributed by atoms with Gasteiger partial charge in [0.05, 0.1) is 15.6 Å². The summed E-state index contributed by atoms with van der Waals surface area (Å²) in [4.78, 5) is 14.5. The number of carbonyl (C=O) groups is 1. The topological polar surface area (TPSA) is 46.3 Å². The molecule has 3 rings (SSSR count). The fourth-order valence-electron chi connectivity index (χ4n) is 3.54. The number of rotatable bonds is 1. The van der Waals surface area contributed by atoms with Crippen LogP contribution in [-0.4, -0.2) is 29.9 Å². The zero-order chi connectivity index (χ0) is 14.3. The Morgan fingerprint density at radius 1 is 1.19 bits per heavy atom. The largest absolute Gasteiger partial charge is 0.338 e. The van der Waals surface area contributed by atoms with Crippen molar-refractivity contribution in [3.05, 3.63) is 33.8 Å². The highest BCUT2D eigenvalue weighted by atomic mass is 35.5. The molecule has 0 aromatic heterocycles. The lowest BCUT2D eigenvalue weighted by Gasteiger charge is -2.29. The second kappa shape index (κ2) is 6.74. The third-order valence-corrected chi connectivity index (χ3v) is 5.25. The van der Waals surface area contributed by atoms with Crippen LogP contribution in [0.5, 0.6) is 0 Å². The number of carbonyl (C=O) groups excluding carboxylic acids is 1. The summed E-state index contributed by atoms with van der Waals surface area (Å²) in [6.45, 7) is 1.50. The molecule has 1 saturated carbocycles. The number of likely N-dealkylation sites (tertiary alicyclic amines) is 1. The standard InChI is InChI=1S/C15H18Cl2N2O.ClH/c16-11-4-2-5-12(17)14(11)15(20)19-7-9-3-1-6-13(18)10(9)8-19;/h2,4-5,9-10,13H,1,3,6-8,18H2;1H. The molecule has 1 aromatic rings. The fourth-order valence-corrected chi connectivity index (χ4v) is 4.10. The number of nitrogens with zero attached hydrogens (tertiary/aromatic N) is 1. The summed E-state index contributed by atoms with van der Waals surface area (Å²) in [5.74, 6) is 0.889. The summed E-state index contributed by atoms with van der Waals surface area (Å²) in [6.07, 6.45) is 3.39. The van der Waals surface area contributed by atoms with E-state index in [2.05, 4.69) is 0 Å². The molecule has 3 nitrogen and oxygen atoms in total. The van der Waals surface area contributed by atoms with Crippen LogP contribution in [0.25, 0.3) is 0 Å². The SMILES string of the molecule is Cl.NC1CCCC2CN(C(=O)c3c(Cl)cccc3Cl)CC12. The molecule has 2 aliphatic rings. The van der Waals surface area contributed by atoms with Gasteiger partial charge in [-0.25, -0.2) is 0 Å². The van der Waals surface area contributed by atoms with Crippen LogP contribution in [0.2, 0.25) is 10.0 Å². The first-order valence-electron chi connectivity index (χ1n) is 7.07. The van der Waals surface area contributed by atoms with Gasteiger partial charge in [0.2, 0.25) is 0 Å². The quantitative estimate of drug-likeness (QED) is 0.842. The third kappa shape index (κ3) is 3.16. The van der Waals surface area contributed by atoms with Crippen LogP contribution >= 0.6 is 35.6 Å². The fraction of sp³-hybridized carbons (Fsp3) is 0.533. The van der Waals surface area contributed by atoms with Crippen molar-refractivity contribution in [1.82, 2.24) is 4.90 Å². The summed E-state index contributed by atoms with van der Waals surface area (Å²) < 4.78 is 0. The molecule has 21 heavy (non-hydrogen) atoms. The molecule has 0 radical (unpaired) electrons. The molecule has 1 aliphatic carbocycles. The smallest absolute Gasteiger partial charge is 0.256 e. The Hall–Kier alpha value is -0.480. The molecule has 1 amide bonds. The van der Waals surface area contributed by atoms with Crippen molar-refractivity contribution in [1.29, 1.82) is 0 Å². The van der Waals surface area contributed by atoms with Crippen LogP contribution in [0.4, 0.5) is 0 Å². The van der Waals surface area contributed by atoms with Crippen molar-refractivity contribution in [3.63, 3.8) is 0 Å². The molecule has 1 heterocycles. The molecular weight excluding hydrogens is 331 g/mol. The lowest BCUT2D eigenvalue weighted by molar-refractivity contribution is 0.0784. The van der Waals surface area contributed by atoms with E-state index in [1.165, 1.54) is 6.42 Å². The number of hydrogen-bond acceptors (Lipinski definition) is 2. The molecule has 2 N–H and O–H groups in total. The summed E-state index contributed by atoms with van der Waals surface area (Å²) >= 11 is 12.3. The van der Waals surface area contributed by atoms with Crippen molar-refractivity contribution >= 4 is 41.5 Å². The second-order valence-electron chi connectivity index (χ2n) is 5.83. The number of benzene rings is 1. The van der Waals surface area contributed by atoms with Gasteiger partial charge < -0.3 is 10.6 Å². The van der Waals surface area contributed by atoms with E-state index in [1.807, 2.05) is 4.90 Å². The van der Waals surface area contributed by atoms with Crippen molar-refractivity contribution in [2.24, 2.45) is 17.6 Å². The minimum Gasteiger partial charge on any atom is -0.338 e. The molecule has 1 aromatic carbocycles. The average molecular weight is 350 g/mol. The van der Waals surface area contributed by atoms with Crippen LogP contribution in [-0.2, 0) is 0 Å². The Bertz CT molecular complexity index is 517. The first kappa shape index (κ1) is 16.9. The van der Waals surface area contributed by atoms with Crippen LogP contribution in [0, 0.1) is 11.8 Å². The van der Waals surface area contributed by atoms with Gasteiger partial charge in [-0.05, 0) is 36.8 Å². The molecule has 1 saturated heterocycles. The van der Waals surface area contributed by atoms with Gasteiger partial charge >= 0.3 is 0 Å². The third-order valence-electron chi connectivity index (χ3n) is 4.62. The number of amides is 1. The van der Waals surface area contributed by atoms with Crippen molar-refractivity contribution < 1.29 is 4.79 Å². The van der Waals surface area contributed by atoms with Crippen LogP contribution in [0.15, 0.2) is 18.2 Å². The Kier molecular flexibility index (Phi) is 5.42. The summed E-state index contributed by atoms with van der Waals surface area (Å²) in [5, 5.41) is 0.836. The predicted molar refractivity (Wildman–Crippen MR) is 88.4 cm³/mol. The summed E-state index contributed by atoms with van der Waals surface area (Å²) in [5.41, 5.74) is 6.61. The van der Waals surface area contributed by atoms with Crippen LogP contribution < -0.4 is 5.73 Å². The molecule has 3 unspecified atom stereocenters. The normalized spacial score (nSPS) is 28.0. The highest BCUT2D eigenvalue weighted by Gasteiger charge is 2.41. The second-order valence-corrected chi connectivity index (χ2v) is 6.64. The Balaban J connectivity index is 0.00000161. The van der Waals surface area contributed by atoms with Crippen molar-refractivity contribution in [2.75, 3.05) is 13.1 Å². The maximum Gasteiger partial charge on any atom is 0.256 e. The molecule has 0 bridgehead atoms. The van der Waals surface area contributed by atoms with E-state index in [-0.39, 0.29) is 24.4 Å². The highest BCUT2D eigenvalue weighted by Crippen LogP contribution is 2.37. The monoisotopic (exact) mass is 348 g/mol. The van der Waals surface area contributed by atoms with Gasteiger partial charge in [0.1, 0.15) is 0 Å². The maximum absolute atomic E-state index is 12.7. The maximum atomic E-state index is 12.7. The van der Waals surface area contributed by atoms with E-state index < -0.39 is 0 Å². The van der Waals surface area contributed by atoms with Gasteiger partial charge in [-0.3, -0.25) is 4.79 Å². The molecular formula is C15H19Cl3N2O. The first-order chi connectivity index (χ1) is 9.58. The van der Waals surface area contributed by atoms with E-state index in [0.717, 1.165) is 25.9 Å². The molecule has 6 heteroatoms. The zero-order valence-corrected chi connectivity index (χ0v) is 13.9. The zero-order valence-electron chi connectivity index (χ0n) is 11.6. The lowest BCUT2D eigenvalue weighted by Crippen LogP contribution is -2.38. The summed E-state index contributed by atoms with van der Waals surface area (Å²) in [7, 11) is 0. The number of nitrogens with two attached hydrogens (primary N) is 1. The molecule has 2 fully saturated rings. The van der Waals surface area contributed by atoms with Crippen LogP contribution in [0.3, 0.4) is 0 Å². The summed E-state index contributed by atoms with van der Waals surface area (Å²) in [6, 6.07) is 5.37. The van der Waals surface area contributed by atoms with Crippen LogP contribution in [0.1, 0.15) is 29.6 Å². The molecule has 116 valence electrons. The van der Waals surface area contributed by atoms with E-state index in [1.54, 1.807) is 18.2 Å². The van der Waals surface area contributed by atoms with Gasteiger partial charge in [-0.2, -0.15) is 0 Å². The van der Waals surface area contributed by atoms with Gasteiger partial charge in [-0.15, -0.1) is 12.4 Å². The minimum absolute atomic E-state index is 0. The molecule has 3 atom stereocenters. The van der Waals surface area contributed by atoms with Gasteiger partial charge in [-0.1, -0.05) is 35.7 Å². The lowest BCUT2D eigenvalue weighted by atomic mass is 9.78. The predicted octanol–water partition coefficient (Wildman–Crippen LogP) is 3.61. The number of halogens is 3. The molecule has 0 spiro atoms. The van der Waals surface area contributed by atoms with E-state index in [0.29, 0.717) is 27.4 Å². The van der Waals surface area contributed by atoms with Gasteiger partial charge in [0.15, 0.2) is 0 Å². The van der Waals surface area contributed by atoms with E-state index in [9.17, 15) is 4.79 Å². The van der Waals surface area contributed by atoms with Gasteiger partial charge in [0, 0.05) is 19.1 Å². The van der Waals surface area contributed by atoms with E-state index >= 15 is 0 Å². The van der Waals surface area contributed by atoms with E-state index in [4.69, 9.17) is 28.9 Å². The highest BCUT2D eigenvalue weighted by molar-refractivity contribution is 6.39.